The van der Waals surface area contributed by atoms with Gasteiger partial charge in [-0.15, -0.1) is 0 Å². The standard InChI is InChI=1S/C7H4F3N3O/c8-7(9,10)4-3-13-2-1-5(14)12-6(13)11-4/h1-3H,(H,11,12,14). The molecule has 2 rings (SSSR count). The number of imidazole rings is 1. The third kappa shape index (κ3) is 1.36. The highest BCUT2D eigenvalue weighted by Gasteiger charge is 2.33. The number of rotatable bonds is 0. The van der Waals surface area contributed by atoms with Crippen LogP contribution in [0.25, 0.3) is 5.78 Å². The number of aromatic amines is 1. The van der Waals surface area contributed by atoms with Crippen molar-refractivity contribution in [3.8, 4) is 0 Å². The fraction of sp³-hybridized carbons (Fsp3) is 0.143. The van der Waals surface area contributed by atoms with Crippen molar-refractivity contribution in [2.45, 2.75) is 6.18 Å². The van der Waals surface area contributed by atoms with Crippen molar-refractivity contribution in [2.24, 2.45) is 0 Å². The Labute approximate surface area is 75.0 Å². The zero-order chi connectivity index (χ0) is 10.3. The minimum atomic E-state index is -4.50. The number of H-pyrrole nitrogens is 1. The van der Waals surface area contributed by atoms with E-state index in [0.717, 1.165) is 16.7 Å². The van der Waals surface area contributed by atoms with Crippen LogP contribution in [-0.4, -0.2) is 14.4 Å². The third-order valence-electron chi connectivity index (χ3n) is 1.64. The summed E-state index contributed by atoms with van der Waals surface area (Å²) >= 11 is 0. The Balaban J connectivity index is 2.69. The van der Waals surface area contributed by atoms with Crippen LogP contribution in [0.3, 0.4) is 0 Å². The molecule has 0 radical (unpaired) electrons. The number of fused-ring (bicyclic) bond motifs is 1. The lowest BCUT2D eigenvalue weighted by Crippen LogP contribution is -2.06. The molecule has 0 fully saturated rings. The van der Waals surface area contributed by atoms with Crippen LogP contribution >= 0.6 is 0 Å². The highest BCUT2D eigenvalue weighted by Crippen LogP contribution is 2.27. The summed E-state index contributed by atoms with van der Waals surface area (Å²) < 4.78 is 37.6. The first-order chi connectivity index (χ1) is 6.47. The highest BCUT2D eigenvalue weighted by atomic mass is 19.4. The molecule has 14 heavy (non-hydrogen) atoms. The van der Waals surface area contributed by atoms with Crippen molar-refractivity contribution in [1.29, 1.82) is 0 Å². The summed E-state index contributed by atoms with van der Waals surface area (Å²) in [5.41, 5.74) is -1.52. The number of halogens is 3. The number of nitrogens with one attached hydrogen (secondary N) is 1. The summed E-state index contributed by atoms with van der Waals surface area (Å²) in [7, 11) is 0. The summed E-state index contributed by atoms with van der Waals surface area (Å²) in [5.74, 6) is -0.121. The molecule has 0 aromatic carbocycles. The summed E-state index contributed by atoms with van der Waals surface area (Å²) in [6, 6.07) is 1.12. The summed E-state index contributed by atoms with van der Waals surface area (Å²) in [4.78, 5) is 16.2. The molecule has 74 valence electrons. The Hall–Kier alpha value is -1.79. The average molecular weight is 203 g/mol. The molecular weight excluding hydrogens is 199 g/mol. The zero-order valence-corrected chi connectivity index (χ0v) is 6.67. The zero-order valence-electron chi connectivity index (χ0n) is 6.67. The van der Waals surface area contributed by atoms with Gasteiger partial charge in [0.15, 0.2) is 5.69 Å². The van der Waals surface area contributed by atoms with Gasteiger partial charge in [0.2, 0.25) is 5.78 Å². The Morgan fingerprint density at radius 1 is 1.43 bits per heavy atom. The van der Waals surface area contributed by atoms with Gasteiger partial charge in [0, 0.05) is 18.5 Å². The van der Waals surface area contributed by atoms with Crippen LogP contribution in [-0.2, 0) is 6.18 Å². The van der Waals surface area contributed by atoms with Crippen LogP contribution in [0.4, 0.5) is 13.2 Å². The minimum Gasteiger partial charge on any atom is -0.292 e. The predicted octanol–water partition coefficient (Wildman–Crippen LogP) is 1.04. The molecule has 0 atom stereocenters. The molecule has 0 saturated heterocycles. The Kier molecular flexibility index (Phi) is 1.63. The maximum absolute atomic E-state index is 12.2. The van der Waals surface area contributed by atoms with E-state index in [1.165, 1.54) is 6.20 Å². The lowest BCUT2D eigenvalue weighted by molar-refractivity contribution is -0.140. The molecular formula is C7H4F3N3O. The normalized spacial score (nSPS) is 12.2. The van der Waals surface area contributed by atoms with Gasteiger partial charge < -0.3 is 0 Å². The van der Waals surface area contributed by atoms with Crippen LogP contribution in [0, 0.1) is 0 Å². The van der Waals surface area contributed by atoms with E-state index in [1.807, 2.05) is 0 Å². The molecule has 0 bridgehead atoms. The van der Waals surface area contributed by atoms with Crippen LogP contribution in [0.5, 0.6) is 0 Å². The lowest BCUT2D eigenvalue weighted by atomic mass is 10.5. The van der Waals surface area contributed by atoms with Gasteiger partial charge in [-0.05, 0) is 0 Å². The molecule has 0 saturated carbocycles. The number of aromatic nitrogens is 3. The molecule has 0 aliphatic heterocycles. The van der Waals surface area contributed by atoms with Crippen LogP contribution < -0.4 is 5.56 Å². The first-order valence-electron chi connectivity index (χ1n) is 3.62. The van der Waals surface area contributed by atoms with E-state index in [0.29, 0.717) is 0 Å². The third-order valence-corrected chi connectivity index (χ3v) is 1.64. The van der Waals surface area contributed by atoms with Gasteiger partial charge in [-0.1, -0.05) is 0 Å². The van der Waals surface area contributed by atoms with Gasteiger partial charge in [0.1, 0.15) is 0 Å². The lowest BCUT2D eigenvalue weighted by Gasteiger charge is -1.98. The topological polar surface area (TPSA) is 50.2 Å². The molecule has 2 aromatic heterocycles. The fourth-order valence-electron chi connectivity index (χ4n) is 1.04. The average Bonchev–Trinajstić information content (AvgIpc) is 2.45. The monoisotopic (exact) mass is 203 g/mol. The van der Waals surface area contributed by atoms with E-state index < -0.39 is 17.4 Å². The second kappa shape index (κ2) is 2.60. The van der Waals surface area contributed by atoms with Gasteiger partial charge >= 0.3 is 6.18 Å². The van der Waals surface area contributed by atoms with E-state index >= 15 is 0 Å². The molecule has 2 heterocycles. The van der Waals surface area contributed by atoms with Crippen LogP contribution in [0.1, 0.15) is 5.69 Å². The number of hydrogen-bond donors (Lipinski definition) is 1. The SMILES string of the molecule is O=c1ccn2cc(C(F)(F)F)nc2[nH]1. The molecule has 0 aliphatic rings. The quantitative estimate of drug-likeness (QED) is 0.695. The van der Waals surface area contributed by atoms with Gasteiger partial charge in [-0.25, -0.2) is 4.98 Å². The predicted molar refractivity (Wildman–Crippen MR) is 40.8 cm³/mol. The number of alkyl halides is 3. The first kappa shape index (κ1) is 8.79. The summed E-state index contributed by atoms with van der Waals surface area (Å²) in [6.07, 6.45) is -2.47. The van der Waals surface area contributed by atoms with Crippen molar-refractivity contribution in [2.75, 3.05) is 0 Å². The summed E-state index contributed by atoms with van der Waals surface area (Å²) in [5, 5.41) is 0. The fourth-order valence-corrected chi connectivity index (χ4v) is 1.04. The molecule has 0 unspecified atom stereocenters. The van der Waals surface area contributed by atoms with Crippen molar-refractivity contribution in [3.05, 3.63) is 34.5 Å². The Morgan fingerprint density at radius 3 is 2.79 bits per heavy atom. The highest BCUT2D eigenvalue weighted by molar-refractivity contribution is 5.30. The minimum absolute atomic E-state index is 0.121. The van der Waals surface area contributed by atoms with Crippen LogP contribution in [0.15, 0.2) is 23.3 Å². The smallest absolute Gasteiger partial charge is 0.292 e. The maximum Gasteiger partial charge on any atom is 0.434 e. The molecule has 2 aromatic rings. The molecule has 0 aliphatic carbocycles. The van der Waals surface area contributed by atoms with E-state index in [4.69, 9.17) is 0 Å². The molecule has 4 nitrogen and oxygen atoms in total. The van der Waals surface area contributed by atoms with Gasteiger partial charge in [0.25, 0.3) is 5.56 Å². The molecule has 1 N–H and O–H groups in total. The van der Waals surface area contributed by atoms with Crippen molar-refractivity contribution < 1.29 is 13.2 Å². The van der Waals surface area contributed by atoms with E-state index in [9.17, 15) is 18.0 Å². The molecule has 0 amide bonds. The maximum atomic E-state index is 12.2. The first-order valence-corrected chi connectivity index (χ1v) is 3.62. The van der Waals surface area contributed by atoms with Gasteiger partial charge in [-0.3, -0.25) is 14.2 Å². The Bertz CT molecular complexity index is 525. The van der Waals surface area contributed by atoms with Gasteiger partial charge in [-0.2, -0.15) is 13.2 Å². The van der Waals surface area contributed by atoms with Crippen LogP contribution in [0.2, 0.25) is 0 Å². The van der Waals surface area contributed by atoms with Crippen molar-refractivity contribution in [3.63, 3.8) is 0 Å². The largest absolute Gasteiger partial charge is 0.434 e. The molecule has 7 heteroatoms. The van der Waals surface area contributed by atoms with E-state index in [2.05, 4.69) is 9.97 Å². The number of hydrogen-bond acceptors (Lipinski definition) is 2. The van der Waals surface area contributed by atoms with Crippen molar-refractivity contribution in [1.82, 2.24) is 14.4 Å². The van der Waals surface area contributed by atoms with Gasteiger partial charge in [0.05, 0.1) is 0 Å². The number of nitrogens with zero attached hydrogens (tertiary/aromatic N) is 2. The molecule has 0 spiro atoms. The Morgan fingerprint density at radius 2 is 2.14 bits per heavy atom. The van der Waals surface area contributed by atoms with Crippen molar-refractivity contribution >= 4 is 5.78 Å². The van der Waals surface area contributed by atoms with E-state index in [1.54, 1.807) is 0 Å². The second-order valence-electron chi connectivity index (χ2n) is 2.66. The van der Waals surface area contributed by atoms with E-state index in [-0.39, 0.29) is 5.78 Å². The summed E-state index contributed by atoms with van der Waals surface area (Å²) in [6.45, 7) is 0. The second-order valence-corrected chi connectivity index (χ2v) is 2.66.